The first-order valence-electron chi connectivity index (χ1n) is 13.5. The SMILES string of the molecule is Cc1cccc(C(CO)NC(=O)C(C)(C)N2Cc3ccc(-c4nc(NC5CCOCC5)ncc4Cl)cc3C2=O)c1. The first kappa shape index (κ1) is 28.0. The van der Waals surface area contributed by atoms with Gasteiger partial charge in [-0.2, -0.15) is 0 Å². The molecule has 0 radical (unpaired) electrons. The molecule has 2 aliphatic rings. The minimum Gasteiger partial charge on any atom is -0.394 e. The fourth-order valence-electron chi connectivity index (χ4n) is 5.14. The van der Waals surface area contributed by atoms with E-state index in [4.69, 9.17) is 16.3 Å². The van der Waals surface area contributed by atoms with Gasteiger partial charge in [0.1, 0.15) is 5.54 Å². The van der Waals surface area contributed by atoms with Crippen LogP contribution in [0.2, 0.25) is 5.02 Å². The zero-order chi connectivity index (χ0) is 28.4. The van der Waals surface area contributed by atoms with Gasteiger partial charge >= 0.3 is 0 Å². The molecule has 0 aliphatic carbocycles. The van der Waals surface area contributed by atoms with Crippen LogP contribution in [0.4, 0.5) is 5.95 Å². The standard InChI is InChI=1S/C30H34ClN5O4/c1-18-5-4-6-19(13-18)25(17-37)34-28(39)30(2,3)36-16-21-8-7-20(14-23(21)27(36)38)26-24(31)15-32-29(35-26)33-22-9-11-40-12-10-22/h4-8,13-15,22,25,37H,9-12,16-17H2,1-3H3,(H,34,39)(H,32,33,35). The van der Waals surface area contributed by atoms with Crippen molar-refractivity contribution >= 4 is 29.4 Å². The van der Waals surface area contributed by atoms with E-state index in [2.05, 4.69) is 20.6 Å². The maximum Gasteiger partial charge on any atom is 0.255 e. The Hall–Kier alpha value is -3.53. The molecular weight excluding hydrogens is 530 g/mol. The third-order valence-electron chi connectivity index (χ3n) is 7.65. The summed E-state index contributed by atoms with van der Waals surface area (Å²) in [5, 5.41) is 16.7. The molecule has 210 valence electrons. The number of fused-ring (bicyclic) bond motifs is 1. The summed E-state index contributed by atoms with van der Waals surface area (Å²) < 4.78 is 5.42. The van der Waals surface area contributed by atoms with Crippen LogP contribution in [0.1, 0.15) is 59.8 Å². The summed E-state index contributed by atoms with van der Waals surface area (Å²) in [7, 11) is 0. The zero-order valence-electron chi connectivity index (χ0n) is 22.9. The first-order valence-corrected chi connectivity index (χ1v) is 13.9. The van der Waals surface area contributed by atoms with E-state index in [0.29, 0.717) is 41.0 Å². The van der Waals surface area contributed by atoms with Crippen molar-refractivity contribution in [2.45, 2.75) is 57.8 Å². The summed E-state index contributed by atoms with van der Waals surface area (Å²) in [6.45, 7) is 6.81. The van der Waals surface area contributed by atoms with E-state index < -0.39 is 11.6 Å². The quantitative estimate of drug-likeness (QED) is 0.374. The van der Waals surface area contributed by atoms with Gasteiger partial charge in [-0.3, -0.25) is 9.59 Å². The normalized spacial score (nSPS) is 16.5. The second kappa shape index (κ2) is 11.5. The maximum atomic E-state index is 13.6. The summed E-state index contributed by atoms with van der Waals surface area (Å²) in [6, 6.07) is 12.8. The van der Waals surface area contributed by atoms with Crippen molar-refractivity contribution < 1.29 is 19.4 Å². The Morgan fingerprint density at radius 2 is 2.00 bits per heavy atom. The van der Waals surface area contributed by atoms with Crippen molar-refractivity contribution in [1.29, 1.82) is 0 Å². The van der Waals surface area contributed by atoms with Crippen LogP contribution in [0.25, 0.3) is 11.3 Å². The zero-order valence-corrected chi connectivity index (χ0v) is 23.7. The lowest BCUT2D eigenvalue weighted by Crippen LogP contribution is -2.55. The van der Waals surface area contributed by atoms with E-state index in [1.165, 1.54) is 0 Å². The Balaban J connectivity index is 1.34. The highest BCUT2D eigenvalue weighted by Crippen LogP contribution is 2.34. The monoisotopic (exact) mass is 563 g/mol. The van der Waals surface area contributed by atoms with E-state index in [1.54, 1.807) is 31.0 Å². The largest absolute Gasteiger partial charge is 0.394 e. The molecule has 1 aromatic heterocycles. The van der Waals surface area contributed by atoms with E-state index in [1.807, 2.05) is 43.3 Å². The van der Waals surface area contributed by atoms with Gasteiger partial charge in [-0.25, -0.2) is 9.97 Å². The number of benzene rings is 2. The molecule has 10 heteroatoms. The van der Waals surface area contributed by atoms with Crippen LogP contribution >= 0.6 is 11.6 Å². The lowest BCUT2D eigenvalue weighted by Gasteiger charge is -2.35. The van der Waals surface area contributed by atoms with E-state index >= 15 is 0 Å². The molecule has 5 rings (SSSR count). The second-order valence-corrected chi connectivity index (χ2v) is 11.3. The molecule has 3 aromatic rings. The van der Waals surface area contributed by atoms with Gasteiger partial charge in [-0.15, -0.1) is 0 Å². The van der Waals surface area contributed by atoms with Gasteiger partial charge in [0, 0.05) is 36.9 Å². The van der Waals surface area contributed by atoms with Gasteiger partial charge in [0.15, 0.2) is 0 Å². The molecule has 1 unspecified atom stereocenters. The minimum atomic E-state index is -1.17. The summed E-state index contributed by atoms with van der Waals surface area (Å²) >= 11 is 6.48. The maximum absolute atomic E-state index is 13.6. The summed E-state index contributed by atoms with van der Waals surface area (Å²) in [5.41, 5.74) is 3.21. The van der Waals surface area contributed by atoms with Crippen LogP contribution in [0.3, 0.4) is 0 Å². The first-order chi connectivity index (χ1) is 19.2. The summed E-state index contributed by atoms with van der Waals surface area (Å²) in [4.78, 5) is 37.6. The van der Waals surface area contributed by atoms with Gasteiger partial charge in [-0.05, 0) is 50.8 Å². The summed E-state index contributed by atoms with van der Waals surface area (Å²) in [6.07, 6.45) is 3.31. The Morgan fingerprint density at radius 3 is 2.73 bits per heavy atom. The predicted octanol–water partition coefficient (Wildman–Crippen LogP) is 4.28. The van der Waals surface area contributed by atoms with Crippen molar-refractivity contribution in [3.63, 3.8) is 0 Å². The third-order valence-corrected chi connectivity index (χ3v) is 7.93. The van der Waals surface area contributed by atoms with Crippen molar-refractivity contribution in [2.75, 3.05) is 25.1 Å². The highest BCUT2D eigenvalue weighted by atomic mass is 35.5. The molecule has 1 atom stereocenters. The molecule has 3 N–H and O–H groups in total. The van der Waals surface area contributed by atoms with Crippen LogP contribution in [0.5, 0.6) is 0 Å². The van der Waals surface area contributed by atoms with Crippen LogP contribution < -0.4 is 10.6 Å². The molecule has 0 bridgehead atoms. The number of nitrogens with zero attached hydrogens (tertiary/aromatic N) is 3. The predicted molar refractivity (Wildman–Crippen MR) is 153 cm³/mol. The molecular formula is C30H34ClN5O4. The van der Waals surface area contributed by atoms with Crippen LogP contribution in [-0.2, 0) is 16.1 Å². The molecule has 1 fully saturated rings. The van der Waals surface area contributed by atoms with E-state index in [9.17, 15) is 14.7 Å². The number of aliphatic hydroxyl groups is 1. The van der Waals surface area contributed by atoms with Crippen molar-refractivity contribution in [3.05, 3.63) is 75.9 Å². The van der Waals surface area contributed by atoms with Gasteiger partial charge in [0.05, 0.1) is 29.6 Å². The van der Waals surface area contributed by atoms with Crippen LogP contribution in [-0.4, -0.2) is 63.2 Å². The number of anilines is 1. The summed E-state index contributed by atoms with van der Waals surface area (Å²) in [5.74, 6) is -0.124. The minimum absolute atomic E-state index is 0.225. The number of halogens is 1. The topological polar surface area (TPSA) is 117 Å². The van der Waals surface area contributed by atoms with Crippen LogP contribution in [0, 0.1) is 6.92 Å². The fourth-order valence-corrected chi connectivity index (χ4v) is 5.34. The lowest BCUT2D eigenvalue weighted by atomic mass is 9.99. The number of carbonyl (C=O) groups is 2. The molecule has 2 aliphatic heterocycles. The molecule has 1 saturated heterocycles. The van der Waals surface area contributed by atoms with Crippen molar-refractivity contribution in [3.8, 4) is 11.3 Å². The van der Waals surface area contributed by atoms with Crippen LogP contribution in [0.15, 0.2) is 48.7 Å². The molecule has 2 aromatic carbocycles. The molecule has 2 amide bonds. The number of aliphatic hydroxyl groups excluding tert-OH is 1. The van der Waals surface area contributed by atoms with Crippen molar-refractivity contribution in [2.24, 2.45) is 0 Å². The van der Waals surface area contributed by atoms with Crippen molar-refractivity contribution in [1.82, 2.24) is 20.2 Å². The number of nitrogens with one attached hydrogen (secondary N) is 2. The number of aromatic nitrogens is 2. The number of carbonyl (C=O) groups excluding carboxylic acids is 2. The van der Waals surface area contributed by atoms with E-state index in [-0.39, 0.29) is 31.0 Å². The number of aryl methyl sites for hydroxylation is 1. The Kier molecular flexibility index (Phi) is 8.07. The molecule has 0 saturated carbocycles. The highest BCUT2D eigenvalue weighted by molar-refractivity contribution is 6.33. The van der Waals surface area contributed by atoms with Gasteiger partial charge in [0.25, 0.3) is 5.91 Å². The smallest absolute Gasteiger partial charge is 0.255 e. The third kappa shape index (κ3) is 5.68. The fraction of sp³-hybridized carbons (Fsp3) is 0.400. The molecule has 3 heterocycles. The average molecular weight is 564 g/mol. The number of amides is 2. The number of hydrogen-bond donors (Lipinski definition) is 3. The lowest BCUT2D eigenvalue weighted by molar-refractivity contribution is -0.131. The van der Waals surface area contributed by atoms with Gasteiger partial charge in [0.2, 0.25) is 11.9 Å². The van der Waals surface area contributed by atoms with E-state index in [0.717, 1.165) is 29.5 Å². The Labute approximate surface area is 238 Å². The number of ether oxygens (including phenoxy) is 1. The number of hydrogen-bond acceptors (Lipinski definition) is 7. The second-order valence-electron chi connectivity index (χ2n) is 10.9. The van der Waals surface area contributed by atoms with Gasteiger partial charge < -0.3 is 25.4 Å². The Morgan fingerprint density at radius 1 is 1.23 bits per heavy atom. The highest BCUT2D eigenvalue weighted by Gasteiger charge is 2.43. The molecule has 40 heavy (non-hydrogen) atoms. The number of rotatable bonds is 8. The molecule has 9 nitrogen and oxygen atoms in total. The van der Waals surface area contributed by atoms with Gasteiger partial charge in [-0.1, -0.05) is 53.6 Å². The molecule has 0 spiro atoms. The Bertz CT molecular complexity index is 1420. The average Bonchev–Trinajstić information content (AvgIpc) is 3.29.